The van der Waals surface area contributed by atoms with Crippen molar-refractivity contribution in [3.8, 4) is 0 Å². The lowest BCUT2D eigenvalue weighted by molar-refractivity contribution is -0.139. The van der Waals surface area contributed by atoms with Crippen LogP contribution in [0, 0.1) is 6.92 Å². The second-order valence-corrected chi connectivity index (χ2v) is 3.46. The van der Waals surface area contributed by atoms with E-state index >= 15 is 0 Å². The molecule has 0 amide bonds. The van der Waals surface area contributed by atoms with Crippen molar-refractivity contribution in [3.63, 3.8) is 0 Å². The van der Waals surface area contributed by atoms with Gasteiger partial charge in [-0.3, -0.25) is 4.79 Å². The molecule has 0 aromatic heterocycles. The number of rotatable bonds is 4. The number of carboxylic acids is 2. The Hall–Kier alpha value is -2.10. The Morgan fingerprint density at radius 1 is 1.31 bits per heavy atom. The number of benzene rings is 1. The molecular formula is C12H12O4. The van der Waals surface area contributed by atoms with Gasteiger partial charge in [-0.1, -0.05) is 29.8 Å². The van der Waals surface area contributed by atoms with Crippen LogP contribution in [0.25, 0.3) is 6.08 Å². The van der Waals surface area contributed by atoms with Crippen LogP contribution in [0.1, 0.15) is 17.5 Å². The molecule has 0 aliphatic carbocycles. The highest BCUT2D eigenvalue weighted by Gasteiger charge is 2.11. The maximum atomic E-state index is 10.8. The minimum Gasteiger partial charge on any atom is -0.481 e. The highest BCUT2D eigenvalue weighted by molar-refractivity contribution is 5.96. The predicted molar refractivity (Wildman–Crippen MR) is 59.0 cm³/mol. The summed E-state index contributed by atoms with van der Waals surface area (Å²) in [6, 6.07) is 7.21. The SMILES string of the molecule is Cc1cccc(/C=C(\CC(=O)O)C(=O)O)c1. The predicted octanol–water partition coefficient (Wildman–Crippen LogP) is 1.94. The zero-order chi connectivity index (χ0) is 12.1. The van der Waals surface area contributed by atoms with Gasteiger partial charge < -0.3 is 10.2 Å². The van der Waals surface area contributed by atoms with Gasteiger partial charge in [0.2, 0.25) is 0 Å². The average Bonchev–Trinajstić information content (AvgIpc) is 2.15. The standard InChI is InChI=1S/C12H12O4/c1-8-3-2-4-9(5-8)6-10(12(15)16)7-11(13)14/h2-6H,7H2,1H3,(H,13,14)(H,15,16)/b10-6+. The Morgan fingerprint density at radius 3 is 2.50 bits per heavy atom. The summed E-state index contributed by atoms with van der Waals surface area (Å²) in [4.78, 5) is 21.3. The largest absolute Gasteiger partial charge is 0.481 e. The molecule has 0 aliphatic rings. The Morgan fingerprint density at radius 2 is 2.00 bits per heavy atom. The van der Waals surface area contributed by atoms with Crippen LogP contribution in [0.15, 0.2) is 29.8 Å². The van der Waals surface area contributed by atoms with Gasteiger partial charge in [-0.2, -0.15) is 0 Å². The number of carboxylic acid groups (broad SMARTS) is 2. The molecule has 4 nitrogen and oxygen atoms in total. The summed E-state index contributed by atoms with van der Waals surface area (Å²) >= 11 is 0. The Bertz CT molecular complexity index is 446. The molecule has 16 heavy (non-hydrogen) atoms. The molecule has 0 atom stereocenters. The first kappa shape index (κ1) is 12.0. The van der Waals surface area contributed by atoms with Gasteiger partial charge in [0.25, 0.3) is 0 Å². The smallest absolute Gasteiger partial charge is 0.332 e. The molecule has 84 valence electrons. The molecule has 0 fully saturated rings. The van der Waals surface area contributed by atoms with E-state index in [1.165, 1.54) is 6.08 Å². The maximum absolute atomic E-state index is 10.8. The van der Waals surface area contributed by atoms with Crippen molar-refractivity contribution < 1.29 is 19.8 Å². The Balaban J connectivity index is 3.02. The van der Waals surface area contributed by atoms with Gasteiger partial charge in [-0.05, 0) is 18.6 Å². The third-order valence-electron chi connectivity index (χ3n) is 2.00. The molecule has 0 bridgehead atoms. The number of hydrogen-bond acceptors (Lipinski definition) is 2. The first-order chi connectivity index (χ1) is 7.49. The molecule has 1 aromatic carbocycles. The van der Waals surface area contributed by atoms with Crippen LogP contribution in [0.3, 0.4) is 0 Å². The summed E-state index contributed by atoms with van der Waals surface area (Å²) in [6.45, 7) is 1.88. The molecule has 0 saturated heterocycles. The maximum Gasteiger partial charge on any atom is 0.332 e. The fourth-order valence-electron chi connectivity index (χ4n) is 1.31. The van der Waals surface area contributed by atoms with E-state index in [-0.39, 0.29) is 5.57 Å². The van der Waals surface area contributed by atoms with Crippen molar-refractivity contribution in [3.05, 3.63) is 41.0 Å². The summed E-state index contributed by atoms with van der Waals surface area (Å²) in [7, 11) is 0. The molecule has 0 heterocycles. The van der Waals surface area contributed by atoms with Gasteiger partial charge in [-0.15, -0.1) is 0 Å². The quantitative estimate of drug-likeness (QED) is 0.760. The zero-order valence-electron chi connectivity index (χ0n) is 8.80. The highest BCUT2D eigenvalue weighted by Crippen LogP contribution is 2.12. The van der Waals surface area contributed by atoms with Gasteiger partial charge in [0.05, 0.1) is 6.42 Å². The molecule has 0 unspecified atom stereocenters. The minimum absolute atomic E-state index is 0.127. The monoisotopic (exact) mass is 220 g/mol. The van der Waals surface area contributed by atoms with Crippen LogP contribution in [0.4, 0.5) is 0 Å². The first-order valence-electron chi connectivity index (χ1n) is 4.71. The van der Waals surface area contributed by atoms with Crippen LogP contribution in [-0.2, 0) is 9.59 Å². The molecule has 4 heteroatoms. The summed E-state index contributed by atoms with van der Waals surface area (Å²) in [5, 5.41) is 17.4. The van der Waals surface area contributed by atoms with Crippen LogP contribution in [0.2, 0.25) is 0 Å². The van der Waals surface area contributed by atoms with E-state index in [9.17, 15) is 9.59 Å². The molecule has 0 spiro atoms. The van der Waals surface area contributed by atoms with E-state index in [2.05, 4.69) is 0 Å². The van der Waals surface area contributed by atoms with Gasteiger partial charge in [0.1, 0.15) is 0 Å². The fourth-order valence-corrected chi connectivity index (χ4v) is 1.31. The summed E-state index contributed by atoms with van der Waals surface area (Å²) in [5.74, 6) is -2.36. The molecule has 1 rings (SSSR count). The summed E-state index contributed by atoms with van der Waals surface area (Å²) in [6.07, 6.45) is 0.896. The van der Waals surface area contributed by atoms with Crippen molar-refractivity contribution in [2.75, 3.05) is 0 Å². The van der Waals surface area contributed by atoms with E-state index < -0.39 is 18.4 Å². The van der Waals surface area contributed by atoms with Gasteiger partial charge >= 0.3 is 11.9 Å². The van der Waals surface area contributed by atoms with Crippen molar-refractivity contribution in [1.29, 1.82) is 0 Å². The topological polar surface area (TPSA) is 74.6 Å². The number of aryl methyl sites for hydroxylation is 1. The number of aliphatic carboxylic acids is 2. The van der Waals surface area contributed by atoms with Crippen molar-refractivity contribution in [2.24, 2.45) is 0 Å². The lowest BCUT2D eigenvalue weighted by atomic mass is 10.1. The normalized spacial score (nSPS) is 11.2. The molecule has 0 aliphatic heterocycles. The van der Waals surface area contributed by atoms with E-state index in [0.29, 0.717) is 5.56 Å². The number of carbonyl (C=O) groups is 2. The van der Waals surface area contributed by atoms with Crippen molar-refractivity contribution in [1.82, 2.24) is 0 Å². The van der Waals surface area contributed by atoms with E-state index in [1.54, 1.807) is 18.2 Å². The van der Waals surface area contributed by atoms with Gasteiger partial charge in [0, 0.05) is 5.57 Å². The van der Waals surface area contributed by atoms with Gasteiger partial charge in [-0.25, -0.2) is 4.79 Å². The van der Waals surface area contributed by atoms with E-state index in [1.807, 2.05) is 13.0 Å². The summed E-state index contributed by atoms with van der Waals surface area (Å²) in [5.41, 5.74) is 1.56. The molecular weight excluding hydrogens is 208 g/mol. The van der Waals surface area contributed by atoms with E-state index in [4.69, 9.17) is 10.2 Å². The molecule has 2 N–H and O–H groups in total. The van der Waals surface area contributed by atoms with Crippen LogP contribution in [-0.4, -0.2) is 22.2 Å². The number of hydrogen-bond donors (Lipinski definition) is 2. The van der Waals surface area contributed by atoms with Crippen molar-refractivity contribution in [2.45, 2.75) is 13.3 Å². The lowest BCUT2D eigenvalue weighted by Crippen LogP contribution is -2.06. The molecule has 0 saturated carbocycles. The van der Waals surface area contributed by atoms with Crippen LogP contribution < -0.4 is 0 Å². The minimum atomic E-state index is -1.20. The van der Waals surface area contributed by atoms with Crippen LogP contribution >= 0.6 is 0 Å². The van der Waals surface area contributed by atoms with Crippen LogP contribution in [0.5, 0.6) is 0 Å². The third kappa shape index (κ3) is 3.57. The Kier molecular flexibility index (Phi) is 3.83. The average molecular weight is 220 g/mol. The highest BCUT2D eigenvalue weighted by atomic mass is 16.4. The Labute approximate surface area is 92.8 Å². The van der Waals surface area contributed by atoms with Crippen molar-refractivity contribution >= 4 is 18.0 Å². The second kappa shape index (κ2) is 5.11. The molecule has 0 radical (unpaired) electrons. The lowest BCUT2D eigenvalue weighted by Gasteiger charge is -2.00. The van der Waals surface area contributed by atoms with E-state index in [0.717, 1.165) is 5.56 Å². The second-order valence-electron chi connectivity index (χ2n) is 3.46. The fraction of sp³-hybridized carbons (Fsp3) is 0.167. The zero-order valence-corrected chi connectivity index (χ0v) is 8.80. The summed E-state index contributed by atoms with van der Waals surface area (Å²) < 4.78 is 0. The van der Waals surface area contributed by atoms with Gasteiger partial charge in [0.15, 0.2) is 0 Å². The third-order valence-corrected chi connectivity index (χ3v) is 2.00. The molecule has 1 aromatic rings. The first-order valence-corrected chi connectivity index (χ1v) is 4.71.